The molecule has 20 heavy (non-hydrogen) atoms. The first kappa shape index (κ1) is 14.2. The van der Waals surface area contributed by atoms with Crippen LogP contribution in [0.25, 0.3) is 0 Å². The van der Waals surface area contributed by atoms with Crippen molar-refractivity contribution in [1.29, 1.82) is 0 Å². The SMILES string of the molecule is CCCCNC(=O)c1nnn(Cc2ccccc2)c1C. The van der Waals surface area contributed by atoms with Gasteiger partial charge in [-0.2, -0.15) is 0 Å². The molecule has 2 aromatic rings. The molecule has 2 rings (SSSR count). The van der Waals surface area contributed by atoms with E-state index in [4.69, 9.17) is 0 Å². The van der Waals surface area contributed by atoms with Gasteiger partial charge in [0.1, 0.15) is 0 Å². The van der Waals surface area contributed by atoms with Crippen molar-refractivity contribution in [1.82, 2.24) is 20.3 Å². The molecule has 1 amide bonds. The summed E-state index contributed by atoms with van der Waals surface area (Å²) in [6.07, 6.45) is 2.03. The lowest BCUT2D eigenvalue weighted by Gasteiger charge is -2.04. The number of rotatable bonds is 6. The molecule has 0 aliphatic carbocycles. The van der Waals surface area contributed by atoms with E-state index < -0.39 is 0 Å². The molecule has 1 heterocycles. The maximum absolute atomic E-state index is 12.0. The maximum atomic E-state index is 12.0. The van der Waals surface area contributed by atoms with Gasteiger partial charge in [-0.25, -0.2) is 4.68 Å². The first-order valence-corrected chi connectivity index (χ1v) is 6.94. The number of hydrogen-bond donors (Lipinski definition) is 1. The van der Waals surface area contributed by atoms with Gasteiger partial charge in [0.25, 0.3) is 5.91 Å². The minimum absolute atomic E-state index is 0.143. The van der Waals surface area contributed by atoms with Gasteiger partial charge in [0, 0.05) is 6.54 Å². The summed E-state index contributed by atoms with van der Waals surface area (Å²) in [5, 5.41) is 10.9. The molecule has 106 valence electrons. The van der Waals surface area contributed by atoms with Gasteiger partial charge in [-0.3, -0.25) is 4.79 Å². The lowest BCUT2D eigenvalue weighted by atomic mass is 10.2. The number of aromatic nitrogens is 3. The summed E-state index contributed by atoms with van der Waals surface area (Å²) < 4.78 is 1.75. The summed E-state index contributed by atoms with van der Waals surface area (Å²) in [4.78, 5) is 12.0. The monoisotopic (exact) mass is 272 g/mol. The van der Waals surface area contributed by atoms with Crippen LogP contribution in [-0.2, 0) is 6.54 Å². The first-order chi connectivity index (χ1) is 9.72. The van der Waals surface area contributed by atoms with E-state index in [2.05, 4.69) is 22.6 Å². The van der Waals surface area contributed by atoms with Crippen molar-refractivity contribution < 1.29 is 4.79 Å². The molecule has 0 aliphatic heterocycles. The Hall–Kier alpha value is -2.17. The lowest BCUT2D eigenvalue weighted by molar-refractivity contribution is 0.0947. The summed E-state index contributed by atoms with van der Waals surface area (Å²) in [5.41, 5.74) is 2.35. The number of amides is 1. The van der Waals surface area contributed by atoms with Gasteiger partial charge in [-0.05, 0) is 18.9 Å². The number of nitrogens with one attached hydrogen (secondary N) is 1. The van der Waals surface area contributed by atoms with E-state index in [1.165, 1.54) is 0 Å². The van der Waals surface area contributed by atoms with E-state index in [0.717, 1.165) is 24.1 Å². The number of carbonyl (C=O) groups excluding carboxylic acids is 1. The lowest BCUT2D eigenvalue weighted by Crippen LogP contribution is -2.25. The van der Waals surface area contributed by atoms with Gasteiger partial charge < -0.3 is 5.32 Å². The molecule has 0 atom stereocenters. The molecule has 0 radical (unpaired) electrons. The quantitative estimate of drug-likeness (QED) is 0.820. The average Bonchev–Trinajstić information content (AvgIpc) is 2.82. The third-order valence-electron chi connectivity index (χ3n) is 3.19. The first-order valence-electron chi connectivity index (χ1n) is 6.94. The number of benzene rings is 1. The third kappa shape index (κ3) is 3.44. The Labute approximate surface area is 119 Å². The second-order valence-electron chi connectivity index (χ2n) is 4.78. The number of carbonyl (C=O) groups is 1. The molecule has 5 heteroatoms. The molecule has 0 fully saturated rings. The van der Waals surface area contributed by atoms with Crippen LogP contribution in [0.1, 0.15) is 41.5 Å². The Balaban J connectivity index is 2.05. The molecule has 1 N–H and O–H groups in total. The van der Waals surface area contributed by atoms with E-state index in [0.29, 0.717) is 18.8 Å². The standard InChI is InChI=1S/C15H20N4O/c1-3-4-10-16-15(20)14-12(2)19(18-17-14)11-13-8-6-5-7-9-13/h5-9H,3-4,10-11H2,1-2H3,(H,16,20). The van der Waals surface area contributed by atoms with E-state index >= 15 is 0 Å². The molecule has 5 nitrogen and oxygen atoms in total. The Morgan fingerprint density at radius 1 is 1.30 bits per heavy atom. The second kappa shape index (κ2) is 6.84. The smallest absolute Gasteiger partial charge is 0.273 e. The van der Waals surface area contributed by atoms with E-state index in [1.807, 2.05) is 37.3 Å². The molecule has 0 saturated carbocycles. The molecular formula is C15H20N4O. The molecule has 0 bridgehead atoms. The maximum Gasteiger partial charge on any atom is 0.273 e. The normalized spacial score (nSPS) is 10.5. The van der Waals surface area contributed by atoms with Gasteiger partial charge in [-0.15, -0.1) is 5.10 Å². The van der Waals surface area contributed by atoms with Crippen molar-refractivity contribution in [2.24, 2.45) is 0 Å². The van der Waals surface area contributed by atoms with E-state index in [9.17, 15) is 4.79 Å². The van der Waals surface area contributed by atoms with E-state index in [-0.39, 0.29) is 5.91 Å². The van der Waals surface area contributed by atoms with Gasteiger partial charge in [0.15, 0.2) is 5.69 Å². The van der Waals surface area contributed by atoms with Crippen molar-refractivity contribution in [3.8, 4) is 0 Å². The van der Waals surface area contributed by atoms with Crippen LogP contribution in [0.2, 0.25) is 0 Å². The molecule has 0 unspecified atom stereocenters. The Kier molecular flexibility index (Phi) is 4.87. The predicted molar refractivity (Wildman–Crippen MR) is 77.5 cm³/mol. The summed E-state index contributed by atoms with van der Waals surface area (Å²) >= 11 is 0. The Morgan fingerprint density at radius 2 is 2.05 bits per heavy atom. The molecule has 0 spiro atoms. The minimum atomic E-state index is -0.143. The summed E-state index contributed by atoms with van der Waals surface area (Å²) in [5.74, 6) is -0.143. The van der Waals surface area contributed by atoms with E-state index in [1.54, 1.807) is 4.68 Å². The highest BCUT2D eigenvalue weighted by molar-refractivity contribution is 5.93. The van der Waals surface area contributed by atoms with Crippen molar-refractivity contribution >= 4 is 5.91 Å². The van der Waals surface area contributed by atoms with Crippen molar-refractivity contribution in [3.05, 3.63) is 47.3 Å². The van der Waals surface area contributed by atoms with Crippen LogP contribution in [0, 0.1) is 6.92 Å². The van der Waals surface area contributed by atoms with Crippen LogP contribution < -0.4 is 5.32 Å². The van der Waals surface area contributed by atoms with Crippen LogP contribution in [0.3, 0.4) is 0 Å². The van der Waals surface area contributed by atoms with Gasteiger partial charge >= 0.3 is 0 Å². The van der Waals surface area contributed by atoms with Crippen molar-refractivity contribution in [3.63, 3.8) is 0 Å². The highest BCUT2D eigenvalue weighted by Gasteiger charge is 2.15. The molecule has 0 saturated heterocycles. The number of nitrogens with zero attached hydrogens (tertiary/aromatic N) is 3. The minimum Gasteiger partial charge on any atom is -0.351 e. The molecular weight excluding hydrogens is 252 g/mol. The average molecular weight is 272 g/mol. The van der Waals surface area contributed by atoms with Crippen LogP contribution in [0.15, 0.2) is 30.3 Å². The summed E-state index contributed by atoms with van der Waals surface area (Å²) in [6, 6.07) is 10.0. The third-order valence-corrected chi connectivity index (χ3v) is 3.19. The molecule has 1 aromatic carbocycles. The van der Waals surface area contributed by atoms with Gasteiger partial charge in [0.2, 0.25) is 0 Å². The number of unbranched alkanes of at least 4 members (excludes halogenated alkanes) is 1. The largest absolute Gasteiger partial charge is 0.351 e. The topological polar surface area (TPSA) is 59.8 Å². The van der Waals surface area contributed by atoms with Crippen LogP contribution >= 0.6 is 0 Å². The van der Waals surface area contributed by atoms with Crippen LogP contribution in [0.5, 0.6) is 0 Å². The fourth-order valence-electron chi connectivity index (χ4n) is 1.94. The van der Waals surface area contributed by atoms with Gasteiger partial charge in [-0.1, -0.05) is 48.9 Å². The Morgan fingerprint density at radius 3 is 2.75 bits per heavy atom. The van der Waals surface area contributed by atoms with Crippen molar-refractivity contribution in [2.75, 3.05) is 6.54 Å². The van der Waals surface area contributed by atoms with Crippen LogP contribution in [-0.4, -0.2) is 27.4 Å². The fourth-order valence-corrected chi connectivity index (χ4v) is 1.94. The van der Waals surface area contributed by atoms with Crippen molar-refractivity contribution in [2.45, 2.75) is 33.2 Å². The van der Waals surface area contributed by atoms with Crippen LogP contribution in [0.4, 0.5) is 0 Å². The fraction of sp³-hybridized carbons (Fsp3) is 0.400. The number of hydrogen-bond acceptors (Lipinski definition) is 3. The molecule has 0 aliphatic rings. The highest BCUT2D eigenvalue weighted by Crippen LogP contribution is 2.07. The molecule has 1 aromatic heterocycles. The summed E-state index contributed by atoms with van der Waals surface area (Å²) in [7, 11) is 0. The zero-order chi connectivity index (χ0) is 14.4. The predicted octanol–water partition coefficient (Wildman–Crippen LogP) is 2.16. The summed E-state index contributed by atoms with van der Waals surface area (Å²) in [6.45, 7) is 5.27. The zero-order valence-electron chi connectivity index (χ0n) is 12.0. The van der Waals surface area contributed by atoms with Gasteiger partial charge in [0.05, 0.1) is 12.2 Å². The Bertz CT molecular complexity index is 563. The highest BCUT2D eigenvalue weighted by atomic mass is 16.2. The second-order valence-corrected chi connectivity index (χ2v) is 4.78. The zero-order valence-corrected chi connectivity index (χ0v) is 12.0.